The van der Waals surface area contributed by atoms with Crippen LogP contribution in [0.2, 0.25) is 0 Å². The molecule has 8 nitrogen and oxygen atoms in total. The molecule has 2 aromatic heterocycles. The first-order valence-corrected chi connectivity index (χ1v) is 12.3. The van der Waals surface area contributed by atoms with Crippen LogP contribution in [-0.2, 0) is 11.2 Å². The van der Waals surface area contributed by atoms with E-state index >= 15 is 0 Å². The molecule has 1 aromatic carbocycles. The Balaban J connectivity index is 1.44. The zero-order chi connectivity index (χ0) is 25.1. The summed E-state index contributed by atoms with van der Waals surface area (Å²) in [5.74, 6) is 0.317. The molecule has 1 fully saturated rings. The number of rotatable bonds is 6. The van der Waals surface area contributed by atoms with Gasteiger partial charge in [-0.3, -0.25) is 9.59 Å². The van der Waals surface area contributed by atoms with Crippen molar-refractivity contribution < 1.29 is 9.59 Å². The molecule has 2 N–H and O–H groups in total. The van der Waals surface area contributed by atoms with Crippen LogP contribution in [0, 0.1) is 34.6 Å². The molecule has 2 amide bonds. The molecule has 1 aliphatic rings. The van der Waals surface area contributed by atoms with Gasteiger partial charge in [-0.2, -0.15) is 5.10 Å². The highest BCUT2D eigenvalue weighted by Crippen LogP contribution is 2.21. The zero-order valence-corrected chi connectivity index (χ0v) is 21.2. The molecule has 1 saturated carbocycles. The number of carbonyl (C=O) groups excluding carboxylic acids is 2. The van der Waals surface area contributed by atoms with E-state index in [1.165, 1.54) is 19.3 Å². The Bertz CT molecular complexity index is 1240. The van der Waals surface area contributed by atoms with E-state index in [4.69, 9.17) is 0 Å². The molecule has 35 heavy (non-hydrogen) atoms. The largest absolute Gasteiger partial charge is 0.349 e. The maximum Gasteiger partial charge on any atom is 0.251 e. The van der Waals surface area contributed by atoms with Crippen molar-refractivity contribution in [2.75, 3.05) is 5.32 Å². The number of hydrogen-bond acceptors (Lipinski definition) is 5. The summed E-state index contributed by atoms with van der Waals surface area (Å²) in [6, 6.07) is 7.58. The summed E-state index contributed by atoms with van der Waals surface area (Å²) < 4.78 is 1.70. The Morgan fingerprint density at radius 1 is 0.971 bits per heavy atom. The fourth-order valence-electron chi connectivity index (χ4n) is 4.74. The van der Waals surface area contributed by atoms with E-state index < -0.39 is 0 Å². The molecule has 0 aliphatic heterocycles. The zero-order valence-electron chi connectivity index (χ0n) is 21.2. The normalized spacial score (nSPS) is 14.1. The number of nitrogens with one attached hydrogen (secondary N) is 2. The van der Waals surface area contributed by atoms with Crippen LogP contribution >= 0.6 is 0 Å². The highest BCUT2D eigenvalue weighted by atomic mass is 16.2. The third kappa shape index (κ3) is 5.75. The average molecular weight is 475 g/mol. The highest BCUT2D eigenvalue weighted by molar-refractivity contribution is 5.97. The van der Waals surface area contributed by atoms with Gasteiger partial charge in [-0.05, 0) is 77.3 Å². The van der Waals surface area contributed by atoms with Gasteiger partial charge in [0.05, 0.1) is 12.1 Å². The summed E-state index contributed by atoms with van der Waals surface area (Å²) in [6.07, 6.45) is 5.87. The Hall–Kier alpha value is -3.55. The minimum atomic E-state index is -0.139. The van der Waals surface area contributed by atoms with Crippen molar-refractivity contribution in [3.63, 3.8) is 0 Å². The van der Waals surface area contributed by atoms with Crippen LogP contribution in [-0.4, -0.2) is 37.6 Å². The van der Waals surface area contributed by atoms with Gasteiger partial charge in [-0.1, -0.05) is 19.3 Å². The van der Waals surface area contributed by atoms with Gasteiger partial charge in [0.2, 0.25) is 5.91 Å². The van der Waals surface area contributed by atoms with Crippen molar-refractivity contribution >= 4 is 17.5 Å². The molecule has 1 aliphatic carbocycles. The number of anilines is 1. The molecule has 3 aromatic rings. The lowest BCUT2D eigenvalue weighted by molar-refractivity contribution is -0.115. The third-order valence-electron chi connectivity index (χ3n) is 6.64. The minimum Gasteiger partial charge on any atom is -0.349 e. The number of aromatic nitrogens is 4. The monoisotopic (exact) mass is 474 g/mol. The summed E-state index contributed by atoms with van der Waals surface area (Å²) in [5.41, 5.74) is 6.36. The maximum absolute atomic E-state index is 12.9. The standard InChI is InChI=1S/C27H34N6O2/c1-16-13-21(26(35)30-22-9-7-6-8-10-22)11-12-24(16)31-25(34)15-23-19(4)32-33(20(23)5)27-28-17(2)14-18(3)29-27/h11-14,22H,6-10,15H2,1-5H3,(H,30,35)(H,31,34). The molecule has 184 valence electrons. The van der Waals surface area contributed by atoms with Crippen LogP contribution in [0.5, 0.6) is 0 Å². The molecular formula is C27H34N6O2. The molecule has 0 bridgehead atoms. The second kappa shape index (κ2) is 10.4. The Labute approximate surface area is 206 Å². The van der Waals surface area contributed by atoms with Gasteiger partial charge in [0.25, 0.3) is 11.9 Å². The van der Waals surface area contributed by atoms with Crippen LogP contribution in [0.4, 0.5) is 5.69 Å². The maximum atomic E-state index is 12.9. The second-order valence-electron chi connectivity index (χ2n) is 9.57. The summed E-state index contributed by atoms with van der Waals surface area (Å²) in [5, 5.41) is 10.7. The third-order valence-corrected chi connectivity index (χ3v) is 6.64. The molecular weight excluding hydrogens is 440 g/mol. The van der Waals surface area contributed by atoms with Crippen molar-refractivity contribution in [1.29, 1.82) is 0 Å². The van der Waals surface area contributed by atoms with E-state index in [0.717, 1.165) is 46.7 Å². The molecule has 0 atom stereocenters. The fraction of sp³-hybridized carbons (Fsp3) is 0.444. The highest BCUT2D eigenvalue weighted by Gasteiger charge is 2.19. The number of benzene rings is 1. The number of amides is 2. The van der Waals surface area contributed by atoms with Crippen molar-refractivity contribution in [1.82, 2.24) is 25.1 Å². The van der Waals surface area contributed by atoms with Crippen LogP contribution in [0.1, 0.15) is 76.4 Å². The Morgan fingerprint density at radius 2 is 1.66 bits per heavy atom. The molecule has 0 unspecified atom stereocenters. The fourth-order valence-corrected chi connectivity index (χ4v) is 4.74. The topological polar surface area (TPSA) is 102 Å². The van der Waals surface area contributed by atoms with E-state index in [1.54, 1.807) is 16.8 Å². The first kappa shape index (κ1) is 24.6. The van der Waals surface area contributed by atoms with Gasteiger partial charge in [-0.25, -0.2) is 14.6 Å². The van der Waals surface area contributed by atoms with Crippen LogP contribution in [0.15, 0.2) is 24.3 Å². The van der Waals surface area contributed by atoms with E-state index in [9.17, 15) is 9.59 Å². The van der Waals surface area contributed by atoms with Gasteiger partial charge in [0.15, 0.2) is 0 Å². The molecule has 8 heteroatoms. The molecule has 0 radical (unpaired) electrons. The number of carbonyl (C=O) groups is 2. The molecule has 0 spiro atoms. The van der Waals surface area contributed by atoms with E-state index in [1.807, 2.05) is 46.8 Å². The van der Waals surface area contributed by atoms with Gasteiger partial charge in [0.1, 0.15) is 0 Å². The molecule has 2 heterocycles. The Kier molecular flexibility index (Phi) is 7.28. The van der Waals surface area contributed by atoms with Crippen LogP contribution in [0.3, 0.4) is 0 Å². The quantitative estimate of drug-likeness (QED) is 0.550. The second-order valence-corrected chi connectivity index (χ2v) is 9.57. The van der Waals surface area contributed by atoms with E-state index in [-0.39, 0.29) is 24.3 Å². The van der Waals surface area contributed by atoms with Crippen molar-refractivity contribution in [2.45, 2.75) is 79.2 Å². The lowest BCUT2D eigenvalue weighted by Gasteiger charge is -2.23. The van der Waals surface area contributed by atoms with Gasteiger partial charge in [-0.15, -0.1) is 0 Å². The summed E-state index contributed by atoms with van der Waals surface area (Å²) in [7, 11) is 0. The summed E-state index contributed by atoms with van der Waals surface area (Å²) in [6.45, 7) is 9.56. The van der Waals surface area contributed by atoms with Crippen LogP contribution in [0.25, 0.3) is 5.95 Å². The van der Waals surface area contributed by atoms with Crippen molar-refractivity contribution in [2.24, 2.45) is 0 Å². The minimum absolute atomic E-state index is 0.0508. The van der Waals surface area contributed by atoms with Crippen molar-refractivity contribution in [3.05, 3.63) is 63.7 Å². The first-order valence-electron chi connectivity index (χ1n) is 12.3. The van der Waals surface area contributed by atoms with E-state index in [2.05, 4.69) is 25.7 Å². The summed E-state index contributed by atoms with van der Waals surface area (Å²) >= 11 is 0. The number of nitrogens with zero attached hydrogens (tertiary/aromatic N) is 4. The predicted octanol–water partition coefficient (Wildman–Crippen LogP) is 4.45. The van der Waals surface area contributed by atoms with Gasteiger partial charge >= 0.3 is 0 Å². The average Bonchev–Trinajstić information content (AvgIpc) is 3.08. The van der Waals surface area contributed by atoms with Gasteiger partial charge < -0.3 is 10.6 Å². The lowest BCUT2D eigenvalue weighted by atomic mass is 9.95. The van der Waals surface area contributed by atoms with E-state index in [0.29, 0.717) is 17.2 Å². The van der Waals surface area contributed by atoms with Crippen molar-refractivity contribution in [3.8, 4) is 5.95 Å². The Morgan fingerprint density at radius 3 is 2.31 bits per heavy atom. The predicted molar refractivity (Wildman–Crippen MR) is 136 cm³/mol. The molecule has 4 rings (SSSR count). The van der Waals surface area contributed by atoms with Gasteiger partial charge in [0, 0.05) is 39.9 Å². The summed E-state index contributed by atoms with van der Waals surface area (Å²) in [4.78, 5) is 34.6. The number of aryl methyl sites for hydroxylation is 4. The first-order chi connectivity index (χ1) is 16.7. The smallest absolute Gasteiger partial charge is 0.251 e. The number of hydrogen-bond donors (Lipinski definition) is 2. The van der Waals surface area contributed by atoms with Crippen LogP contribution < -0.4 is 10.6 Å². The lowest BCUT2D eigenvalue weighted by Crippen LogP contribution is -2.36. The molecule has 0 saturated heterocycles. The SMILES string of the molecule is Cc1cc(C)nc(-n2nc(C)c(CC(=O)Nc3ccc(C(=O)NC4CCCCC4)cc3C)c2C)n1.